The molecule has 1 aromatic carbocycles. The van der Waals surface area contributed by atoms with Gasteiger partial charge in [-0.05, 0) is 48.8 Å². The van der Waals surface area contributed by atoms with Crippen LogP contribution in [0.2, 0.25) is 0 Å². The molecule has 2 aromatic rings. The van der Waals surface area contributed by atoms with Gasteiger partial charge in [-0.3, -0.25) is 9.69 Å². The summed E-state index contributed by atoms with van der Waals surface area (Å²) in [4.78, 5) is 14.0. The number of thiocarbonyl (C=S) groups is 1. The first-order valence-corrected chi connectivity index (χ1v) is 8.96. The van der Waals surface area contributed by atoms with Crippen molar-refractivity contribution in [2.45, 2.75) is 27.4 Å². The second-order valence-corrected chi connectivity index (χ2v) is 7.04. The second kappa shape index (κ2) is 7.74. The van der Waals surface area contributed by atoms with Gasteiger partial charge in [0.15, 0.2) is 5.11 Å². The summed E-state index contributed by atoms with van der Waals surface area (Å²) in [6.45, 7) is 7.01. The molecular weight excluding hydrogens is 348 g/mol. The predicted octanol–water partition coefficient (Wildman–Crippen LogP) is 3.88. The summed E-state index contributed by atoms with van der Waals surface area (Å²) in [5, 5.41) is 3.39. The molecule has 0 atom stereocenters. The molecule has 0 radical (unpaired) electrons. The topological polar surface area (TPSA) is 54.7 Å². The highest BCUT2D eigenvalue weighted by Gasteiger charge is 2.31. The molecule has 1 N–H and O–H groups in total. The summed E-state index contributed by atoms with van der Waals surface area (Å²) in [6.07, 6.45) is 1.67. The van der Waals surface area contributed by atoms with Crippen LogP contribution in [0.5, 0.6) is 5.75 Å². The van der Waals surface area contributed by atoms with E-state index >= 15 is 0 Å². The molecule has 136 valence electrons. The van der Waals surface area contributed by atoms with E-state index < -0.39 is 0 Å². The van der Waals surface area contributed by atoms with E-state index in [2.05, 4.69) is 5.32 Å². The summed E-state index contributed by atoms with van der Waals surface area (Å²) in [5.41, 5.74) is 1.50. The third-order valence-corrected chi connectivity index (χ3v) is 4.27. The largest absolute Gasteiger partial charge is 0.485 e. The molecule has 1 saturated heterocycles. The van der Waals surface area contributed by atoms with Crippen molar-refractivity contribution < 1.29 is 13.9 Å². The van der Waals surface area contributed by atoms with Crippen molar-refractivity contribution in [2.24, 2.45) is 5.92 Å². The summed E-state index contributed by atoms with van der Waals surface area (Å²) >= 11 is 5.24. The van der Waals surface area contributed by atoms with Crippen LogP contribution in [0.4, 0.5) is 0 Å². The van der Waals surface area contributed by atoms with Gasteiger partial charge in [0.05, 0.1) is 0 Å². The number of aryl methyl sites for hydroxylation is 1. The van der Waals surface area contributed by atoms with Gasteiger partial charge < -0.3 is 14.5 Å². The van der Waals surface area contributed by atoms with Crippen LogP contribution in [-0.2, 0) is 11.4 Å². The first kappa shape index (κ1) is 18.2. The van der Waals surface area contributed by atoms with E-state index in [0.29, 0.717) is 41.4 Å². The highest BCUT2D eigenvalue weighted by molar-refractivity contribution is 7.80. The van der Waals surface area contributed by atoms with Gasteiger partial charge in [0.1, 0.15) is 29.6 Å². The molecule has 0 aliphatic carbocycles. The Morgan fingerprint density at radius 3 is 2.77 bits per heavy atom. The Hall–Kier alpha value is -2.60. The minimum Gasteiger partial charge on any atom is -0.485 e. The fourth-order valence-corrected chi connectivity index (χ4v) is 2.93. The lowest BCUT2D eigenvalue weighted by Crippen LogP contribution is -2.33. The van der Waals surface area contributed by atoms with E-state index in [1.165, 1.54) is 0 Å². The van der Waals surface area contributed by atoms with Gasteiger partial charge in [-0.2, -0.15) is 0 Å². The Bertz CT molecular complexity index is 854. The second-order valence-electron chi connectivity index (χ2n) is 6.66. The first-order valence-electron chi connectivity index (χ1n) is 8.55. The third kappa shape index (κ3) is 4.14. The molecule has 1 fully saturated rings. The Kier molecular flexibility index (Phi) is 5.42. The fourth-order valence-electron chi connectivity index (χ4n) is 2.66. The molecule has 5 nitrogen and oxygen atoms in total. The number of carbonyl (C=O) groups excluding carboxylic acids is 1. The number of nitrogens with zero attached hydrogens (tertiary/aromatic N) is 1. The highest BCUT2D eigenvalue weighted by atomic mass is 32.1. The van der Waals surface area contributed by atoms with Crippen molar-refractivity contribution in [3.63, 3.8) is 0 Å². The normalized spacial score (nSPS) is 15.8. The van der Waals surface area contributed by atoms with Gasteiger partial charge in [0.2, 0.25) is 0 Å². The zero-order valence-electron chi connectivity index (χ0n) is 15.1. The Labute approximate surface area is 158 Å². The van der Waals surface area contributed by atoms with Crippen LogP contribution in [0.15, 0.2) is 46.5 Å². The van der Waals surface area contributed by atoms with Gasteiger partial charge in [-0.25, -0.2) is 0 Å². The first-order chi connectivity index (χ1) is 12.4. The summed E-state index contributed by atoms with van der Waals surface area (Å²) < 4.78 is 11.5. The molecule has 3 rings (SSSR count). The molecule has 6 heteroatoms. The maximum atomic E-state index is 12.5. The number of hydrogen-bond donors (Lipinski definition) is 1. The quantitative estimate of drug-likeness (QED) is 0.618. The molecule has 0 bridgehead atoms. The summed E-state index contributed by atoms with van der Waals surface area (Å²) in [7, 11) is 0. The lowest BCUT2D eigenvalue weighted by Gasteiger charge is -2.15. The van der Waals surface area contributed by atoms with E-state index in [1.54, 1.807) is 11.0 Å². The minimum atomic E-state index is -0.127. The van der Waals surface area contributed by atoms with Crippen LogP contribution >= 0.6 is 12.2 Å². The molecule has 1 aliphatic heterocycles. The standard InChI is InChI=1S/C20H22N2O3S/c1-13(2)11-22-19(23)17(21-20(22)26)10-15-8-9-16(25-15)12-24-18-7-5-4-6-14(18)3/h4-10,13H,11-12H2,1-3H3,(H,21,26)/b17-10+. The van der Waals surface area contributed by atoms with Crippen LogP contribution in [0, 0.1) is 12.8 Å². The highest BCUT2D eigenvalue weighted by Crippen LogP contribution is 2.20. The molecular formula is C20H22N2O3S. The van der Waals surface area contributed by atoms with Gasteiger partial charge in [-0.1, -0.05) is 32.0 Å². The number of carbonyl (C=O) groups is 1. The average Bonchev–Trinajstić information content (AvgIpc) is 3.14. The Morgan fingerprint density at radius 2 is 2.04 bits per heavy atom. The summed E-state index contributed by atoms with van der Waals surface area (Å²) in [5.74, 6) is 2.31. The minimum absolute atomic E-state index is 0.127. The number of rotatable bonds is 6. The van der Waals surface area contributed by atoms with Crippen LogP contribution in [0.25, 0.3) is 6.08 Å². The Balaban J connectivity index is 1.66. The van der Waals surface area contributed by atoms with Crippen molar-refractivity contribution in [2.75, 3.05) is 6.54 Å². The number of benzene rings is 1. The third-order valence-electron chi connectivity index (χ3n) is 3.94. The molecule has 26 heavy (non-hydrogen) atoms. The summed E-state index contributed by atoms with van der Waals surface area (Å²) in [6, 6.07) is 11.5. The maximum Gasteiger partial charge on any atom is 0.276 e. The van der Waals surface area contributed by atoms with Gasteiger partial charge in [0, 0.05) is 12.6 Å². The average molecular weight is 370 g/mol. The molecule has 0 saturated carbocycles. The zero-order valence-corrected chi connectivity index (χ0v) is 15.9. The van der Waals surface area contributed by atoms with E-state index in [1.807, 2.05) is 57.2 Å². The van der Waals surface area contributed by atoms with Gasteiger partial charge >= 0.3 is 0 Å². The number of nitrogens with one attached hydrogen (secondary N) is 1. The molecule has 1 amide bonds. The van der Waals surface area contributed by atoms with E-state index in [4.69, 9.17) is 21.4 Å². The molecule has 1 aromatic heterocycles. The van der Waals surface area contributed by atoms with E-state index in [0.717, 1.165) is 11.3 Å². The smallest absolute Gasteiger partial charge is 0.276 e. The van der Waals surface area contributed by atoms with E-state index in [9.17, 15) is 4.79 Å². The fraction of sp³-hybridized carbons (Fsp3) is 0.300. The lowest BCUT2D eigenvalue weighted by atomic mass is 10.2. The van der Waals surface area contributed by atoms with Crippen LogP contribution in [0.1, 0.15) is 30.9 Å². The van der Waals surface area contributed by atoms with Crippen molar-refractivity contribution in [3.8, 4) is 5.75 Å². The van der Waals surface area contributed by atoms with Gasteiger partial charge in [0.25, 0.3) is 5.91 Å². The van der Waals surface area contributed by atoms with Crippen molar-refractivity contribution in [1.82, 2.24) is 10.2 Å². The van der Waals surface area contributed by atoms with Crippen molar-refractivity contribution in [3.05, 3.63) is 59.2 Å². The van der Waals surface area contributed by atoms with E-state index in [-0.39, 0.29) is 5.91 Å². The van der Waals surface area contributed by atoms with Crippen molar-refractivity contribution >= 4 is 29.3 Å². The van der Waals surface area contributed by atoms with Gasteiger partial charge in [-0.15, -0.1) is 0 Å². The predicted molar refractivity (Wildman–Crippen MR) is 104 cm³/mol. The number of hydrogen-bond acceptors (Lipinski definition) is 4. The van der Waals surface area contributed by atoms with Crippen LogP contribution in [0.3, 0.4) is 0 Å². The number of para-hydroxylation sites is 1. The van der Waals surface area contributed by atoms with Crippen molar-refractivity contribution in [1.29, 1.82) is 0 Å². The molecule has 2 heterocycles. The lowest BCUT2D eigenvalue weighted by molar-refractivity contribution is -0.122. The number of furan rings is 1. The monoisotopic (exact) mass is 370 g/mol. The Morgan fingerprint density at radius 1 is 1.27 bits per heavy atom. The maximum absolute atomic E-state index is 12.5. The zero-order chi connectivity index (χ0) is 18.7. The van der Waals surface area contributed by atoms with Crippen LogP contribution < -0.4 is 10.1 Å². The molecule has 0 spiro atoms. The van der Waals surface area contributed by atoms with Crippen LogP contribution in [-0.4, -0.2) is 22.5 Å². The number of ether oxygens (including phenoxy) is 1. The number of amides is 1. The molecule has 0 unspecified atom stereocenters. The molecule has 1 aliphatic rings. The SMILES string of the molecule is Cc1ccccc1OCc1ccc(/C=C2/NC(=S)N(CC(C)C)C2=O)o1.